The summed E-state index contributed by atoms with van der Waals surface area (Å²) in [4.78, 5) is 34.6. The maximum atomic E-state index is 11.6. The van der Waals surface area contributed by atoms with Crippen molar-refractivity contribution < 1.29 is 19.1 Å². The van der Waals surface area contributed by atoms with Crippen molar-refractivity contribution in [3.63, 3.8) is 0 Å². The first-order valence-electron chi connectivity index (χ1n) is 6.78. The molecule has 0 bridgehead atoms. The van der Waals surface area contributed by atoms with Gasteiger partial charge in [-0.05, 0) is 24.3 Å². The Morgan fingerprint density at radius 1 is 1.19 bits per heavy atom. The fourth-order valence-corrected chi connectivity index (χ4v) is 2.26. The molecule has 0 radical (unpaired) electrons. The van der Waals surface area contributed by atoms with Gasteiger partial charge >= 0.3 is 5.97 Å². The Hall–Kier alpha value is -1.89. The molecule has 1 rings (SSSR count). The fraction of sp³-hybridized carbons (Fsp3) is 0.500. The third kappa shape index (κ3) is 7.45. The molecule has 0 aliphatic heterocycles. The van der Waals surface area contributed by atoms with Gasteiger partial charge in [-0.15, -0.1) is 11.3 Å². The molecule has 6 nitrogen and oxygen atoms in total. The minimum Gasteiger partial charge on any atom is -0.469 e. The molecule has 1 heterocycles. The van der Waals surface area contributed by atoms with Gasteiger partial charge in [0.2, 0.25) is 5.91 Å². The van der Waals surface area contributed by atoms with Crippen molar-refractivity contribution in [1.29, 1.82) is 0 Å². The van der Waals surface area contributed by atoms with E-state index in [2.05, 4.69) is 15.4 Å². The Balaban J connectivity index is 2.01. The van der Waals surface area contributed by atoms with E-state index in [1.54, 1.807) is 12.1 Å². The smallest absolute Gasteiger partial charge is 0.305 e. The largest absolute Gasteiger partial charge is 0.469 e. The van der Waals surface area contributed by atoms with Crippen LogP contribution in [0, 0.1) is 0 Å². The summed E-state index contributed by atoms with van der Waals surface area (Å²) in [6.07, 6.45) is 2.79. The highest BCUT2D eigenvalue weighted by atomic mass is 32.1. The molecule has 0 aliphatic carbocycles. The lowest BCUT2D eigenvalue weighted by Gasteiger charge is -2.06. The van der Waals surface area contributed by atoms with E-state index in [1.807, 2.05) is 5.38 Å². The number of amides is 2. The van der Waals surface area contributed by atoms with Gasteiger partial charge in [0.05, 0.1) is 18.5 Å². The highest BCUT2D eigenvalue weighted by Crippen LogP contribution is 2.07. The van der Waals surface area contributed by atoms with Crippen LogP contribution in [0.25, 0.3) is 0 Å². The topological polar surface area (TPSA) is 84.5 Å². The van der Waals surface area contributed by atoms with Crippen LogP contribution in [0.5, 0.6) is 0 Å². The molecule has 21 heavy (non-hydrogen) atoms. The highest BCUT2D eigenvalue weighted by molar-refractivity contribution is 7.12. The summed E-state index contributed by atoms with van der Waals surface area (Å²) >= 11 is 1.33. The Morgan fingerprint density at radius 2 is 2.00 bits per heavy atom. The maximum absolute atomic E-state index is 11.6. The molecule has 1 aromatic rings. The molecular formula is C14H20N2O4S. The fourth-order valence-electron chi connectivity index (χ4n) is 1.62. The summed E-state index contributed by atoms with van der Waals surface area (Å²) in [7, 11) is 1.37. The number of thiophene rings is 1. The third-order valence-corrected chi connectivity index (χ3v) is 3.63. The lowest BCUT2D eigenvalue weighted by molar-refractivity contribution is -0.140. The first-order chi connectivity index (χ1) is 10.1. The van der Waals surface area contributed by atoms with Gasteiger partial charge in [0.25, 0.3) is 5.91 Å². The second-order valence-corrected chi connectivity index (χ2v) is 5.34. The number of ether oxygens (including phenoxy) is 1. The zero-order chi connectivity index (χ0) is 15.5. The number of unbranched alkanes of at least 4 members (excludes halogenated alkanes) is 2. The van der Waals surface area contributed by atoms with Crippen LogP contribution in [0.1, 0.15) is 35.4 Å². The number of methoxy groups -OCH3 is 1. The van der Waals surface area contributed by atoms with E-state index in [-0.39, 0.29) is 24.3 Å². The van der Waals surface area contributed by atoms with Crippen LogP contribution in [-0.4, -0.2) is 38.0 Å². The second kappa shape index (κ2) is 9.93. The van der Waals surface area contributed by atoms with Crippen LogP contribution >= 0.6 is 11.3 Å². The summed E-state index contributed by atoms with van der Waals surface area (Å²) in [5, 5.41) is 7.09. The van der Waals surface area contributed by atoms with Crippen molar-refractivity contribution in [3.05, 3.63) is 22.4 Å². The lowest BCUT2D eigenvalue weighted by Crippen LogP contribution is -2.37. The van der Waals surface area contributed by atoms with Gasteiger partial charge in [0.15, 0.2) is 0 Å². The number of carbonyl (C=O) groups is 3. The molecule has 0 fully saturated rings. The molecule has 0 saturated heterocycles. The van der Waals surface area contributed by atoms with E-state index in [9.17, 15) is 14.4 Å². The summed E-state index contributed by atoms with van der Waals surface area (Å²) in [6, 6.07) is 3.49. The number of hydrogen-bond donors (Lipinski definition) is 2. The van der Waals surface area contributed by atoms with Crippen LogP contribution in [-0.2, 0) is 14.3 Å². The Morgan fingerprint density at radius 3 is 2.67 bits per heavy atom. The average Bonchev–Trinajstić information content (AvgIpc) is 3.02. The van der Waals surface area contributed by atoms with E-state index in [4.69, 9.17) is 0 Å². The van der Waals surface area contributed by atoms with Crippen molar-refractivity contribution in [3.8, 4) is 0 Å². The van der Waals surface area contributed by atoms with E-state index >= 15 is 0 Å². The van der Waals surface area contributed by atoms with Gasteiger partial charge in [0, 0.05) is 13.0 Å². The van der Waals surface area contributed by atoms with Gasteiger partial charge in [-0.2, -0.15) is 0 Å². The minimum absolute atomic E-state index is 0.0289. The van der Waals surface area contributed by atoms with Crippen LogP contribution < -0.4 is 10.6 Å². The number of carbonyl (C=O) groups excluding carboxylic acids is 3. The molecule has 0 atom stereocenters. The minimum atomic E-state index is -0.238. The summed E-state index contributed by atoms with van der Waals surface area (Å²) in [6.45, 7) is 0.508. The quantitative estimate of drug-likeness (QED) is 0.532. The molecule has 0 unspecified atom stereocenters. The first-order valence-corrected chi connectivity index (χ1v) is 7.66. The van der Waals surface area contributed by atoms with Crippen LogP contribution in [0.2, 0.25) is 0 Å². The molecular weight excluding hydrogens is 292 g/mol. The van der Waals surface area contributed by atoms with Crippen molar-refractivity contribution >= 4 is 29.1 Å². The van der Waals surface area contributed by atoms with Crippen molar-refractivity contribution in [2.45, 2.75) is 25.7 Å². The van der Waals surface area contributed by atoms with Gasteiger partial charge in [-0.25, -0.2) is 0 Å². The molecule has 2 amide bonds. The second-order valence-electron chi connectivity index (χ2n) is 4.40. The van der Waals surface area contributed by atoms with E-state index in [0.717, 1.165) is 19.3 Å². The van der Waals surface area contributed by atoms with Crippen LogP contribution in [0.3, 0.4) is 0 Å². The monoisotopic (exact) mass is 312 g/mol. The summed E-state index contributed by atoms with van der Waals surface area (Å²) < 4.78 is 4.53. The van der Waals surface area contributed by atoms with Crippen molar-refractivity contribution in [1.82, 2.24) is 10.6 Å². The molecule has 7 heteroatoms. The Kier molecular flexibility index (Phi) is 8.11. The van der Waals surface area contributed by atoms with E-state index in [0.29, 0.717) is 17.8 Å². The Labute approximate surface area is 127 Å². The number of hydrogen-bond acceptors (Lipinski definition) is 5. The van der Waals surface area contributed by atoms with Crippen molar-refractivity contribution in [2.24, 2.45) is 0 Å². The summed E-state index contributed by atoms with van der Waals surface area (Å²) in [5.74, 6) is -0.665. The summed E-state index contributed by atoms with van der Waals surface area (Å²) in [5.41, 5.74) is 0. The zero-order valence-corrected chi connectivity index (χ0v) is 12.8. The molecule has 2 N–H and O–H groups in total. The van der Waals surface area contributed by atoms with Gasteiger partial charge in [0.1, 0.15) is 0 Å². The molecule has 0 saturated carbocycles. The average molecular weight is 312 g/mol. The van der Waals surface area contributed by atoms with E-state index < -0.39 is 0 Å². The lowest BCUT2D eigenvalue weighted by atomic mass is 10.2. The number of nitrogens with one attached hydrogen (secondary N) is 2. The predicted octanol–water partition coefficient (Wildman–Crippen LogP) is 1.33. The third-order valence-electron chi connectivity index (χ3n) is 2.76. The molecule has 0 aromatic carbocycles. The zero-order valence-electron chi connectivity index (χ0n) is 12.0. The Bertz CT molecular complexity index is 460. The first kappa shape index (κ1) is 17.2. The van der Waals surface area contributed by atoms with Crippen LogP contribution in [0.15, 0.2) is 17.5 Å². The molecule has 116 valence electrons. The van der Waals surface area contributed by atoms with Crippen LogP contribution in [0.4, 0.5) is 0 Å². The number of rotatable bonds is 9. The highest BCUT2D eigenvalue weighted by Gasteiger charge is 2.08. The normalized spacial score (nSPS) is 9.95. The van der Waals surface area contributed by atoms with Gasteiger partial charge in [-0.3, -0.25) is 14.4 Å². The maximum Gasteiger partial charge on any atom is 0.305 e. The molecule has 0 spiro atoms. The van der Waals surface area contributed by atoms with Crippen molar-refractivity contribution in [2.75, 3.05) is 20.2 Å². The number of esters is 1. The molecule has 1 aromatic heterocycles. The van der Waals surface area contributed by atoms with E-state index in [1.165, 1.54) is 18.4 Å². The molecule has 0 aliphatic rings. The van der Waals surface area contributed by atoms with Gasteiger partial charge in [-0.1, -0.05) is 12.5 Å². The standard InChI is InChI=1S/C14H20N2O4S/c1-20-13(18)7-3-2-4-8-15-12(17)10-16-14(19)11-6-5-9-21-11/h5-6,9H,2-4,7-8,10H2,1H3,(H,15,17)(H,16,19). The predicted molar refractivity (Wildman–Crippen MR) is 80.1 cm³/mol. The SMILES string of the molecule is COC(=O)CCCCCNC(=O)CNC(=O)c1cccs1. The van der Waals surface area contributed by atoms with Gasteiger partial charge < -0.3 is 15.4 Å².